The van der Waals surface area contributed by atoms with Gasteiger partial charge in [0.15, 0.2) is 5.58 Å². The molecule has 3 nitrogen and oxygen atoms in total. The Kier molecular flexibility index (Phi) is 2.61. The van der Waals surface area contributed by atoms with Gasteiger partial charge in [-0.15, -0.1) is 0 Å². The second-order valence-corrected chi connectivity index (χ2v) is 4.18. The van der Waals surface area contributed by atoms with Crippen molar-refractivity contribution in [1.29, 1.82) is 0 Å². The van der Waals surface area contributed by atoms with Crippen LogP contribution in [0.5, 0.6) is 0 Å². The van der Waals surface area contributed by atoms with Gasteiger partial charge in [0.2, 0.25) is 5.89 Å². The number of nitrogens with zero attached hydrogens (tertiary/aromatic N) is 1. The van der Waals surface area contributed by atoms with Crippen LogP contribution in [-0.2, 0) is 0 Å². The largest absolute Gasteiger partial charge is 0.436 e. The second kappa shape index (κ2) is 4.27. The molecule has 0 saturated carbocycles. The maximum Gasteiger partial charge on any atom is 0.252 e. The SMILES string of the molecule is O=C(Cl)c1ccc2nc(-c3ccccc3)oc2c1. The van der Waals surface area contributed by atoms with Crippen LogP contribution in [0.15, 0.2) is 52.9 Å². The van der Waals surface area contributed by atoms with Crippen LogP contribution in [0.1, 0.15) is 10.4 Å². The van der Waals surface area contributed by atoms with E-state index in [4.69, 9.17) is 16.0 Å². The predicted octanol–water partition coefficient (Wildman–Crippen LogP) is 3.87. The summed E-state index contributed by atoms with van der Waals surface area (Å²) in [5, 5.41) is -0.505. The van der Waals surface area contributed by atoms with E-state index in [0.717, 1.165) is 5.56 Å². The van der Waals surface area contributed by atoms with Crippen LogP contribution in [0.25, 0.3) is 22.6 Å². The third-order valence-electron chi connectivity index (χ3n) is 2.64. The highest BCUT2D eigenvalue weighted by Gasteiger charge is 2.10. The number of fused-ring (bicyclic) bond motifs is 1. The lowest BCUT2D eigenvalue weighted by Crippen LogP contribution is -1.86. The van der Waals surface area contributed by atoms with Crippen LogP contribution in [0.4, 0.5) is 0 Å². The van der Waals surface area contributed by atoms with Crippen LogP contribution in [0.3, 0.4) is 0 Å². The number of rotatable bonds is 2. The summed E-state index contributed by atoms with van der Waals surface area (Å²) < 4.78 is 5.62. The molecule has 18 heavy (non-hydrogen) atoms. The van der Waals surface area contributed by atoms with Crippen molar-refractivity contribution in [1.82, 2.24) is 4.98 Å². The summed E-state index contributed by atoms with van der Waals surface area (Å²) >= 11 is 5.43. The van der Waals surface area contributed by atoms with Gasteiger partial charge < -0.3 is 4.42 Å². The lowest BCUT2D eigenvalue weighted by molar-refractivity contribution is 0.108. The van der Waals surface area contributed by atoms with Crippen LogP contribution >= 0.6 is 11.6 Å². The number of benzene rings is 2. The van der Waals surface area contributed by atoms with Gasteiger partial charge in [-0.3, -0.25) is 4.79 Å². The minimum Gasteiger partial charge on any atom is -0.436 e. The zero-order chi connectivity index (χ0) is 12.5. The Balaban J connectivity index is 2.14. The van der Waals surface area contributed by atoms with Gasteiger partial charge in [-0.2, -0.15) is 0 Å². The average molecular weight is 258 g/mol. The molecule has 0 aliphatic carbocycles. The number of hydrogen-bond acceptors (Lipinski definition) is 3. The summed E-state index contributed by atoms with van der Waals surface area (Å²) in [6.45, 7) is 0. The highest BCUT2D eigenvalue weighted by atomic mass is 35.5. The van der Waals surface area contributed by atoms with Gasteiger partial charge in [-0.1, -0.05) is 18.2 Å². The summed E-state index contributed by atoms with van der Waals surface area (Å²) in [6.07, 6.45) is 0. The van der Waals surface area contributed by atoms with E-state index >= 15 is 0 Å². The predicted molar refractivity (Wildman–Crippen MR) is 69.6 cm³/mol. The van der Waals surface area contributed by atoms with Crippen molar-refractivity contribution >= 4 is 27.9 Å². The topological polar surface area (TPSA) is 43.1 Å². The molecule has 88 valence electrons. The first-order valence-electron chi connectivity index (χ1n) is 5.40. The lowest BCUT2D eigenvalue weighted by Gasteiger charge is -1.92. The fraction of sp³-hybridized carbons (Fsp3) is 0. The van der Waals surface area contributed by atoms with Crippen molar-refractivity contribution in [2.24, 2.45) is 0 Å². The summed E-state index contributed by atoms with van der Waals surface area (Å²) in [5.41, 5.74) is 2.56. The standard InChI is InChI=1S/C14H8ClNO2/c15-13(17)10-6-7-11-12(8-10)18-14(16-11)9-4-2-1-3-5-9/h1-8H. The Hall–Kier alpha value is -2.13. The van der Waals surface area contributed by atoms with E-state index < -0.39 is 5.24 Å². The van der Waals surface area contributed by atoms with Crippen LogP contribution in [-0.4, -0.2) is 10.2 Å². The fourth-order valence-electron chi connectivity index (χ4n) is 1.75. The molecule has 0 unspecified atom stereocenters. The van der Waals surface area contributed by atoms with E-state index in [2.05, 4.69) is 4.98 Å². The number of carbonyl (C=O) groups excluding carboxylic acids is 1. The Bertz CT molecular complexity index is 719. The molecule has 0 fully saturated rings. The number of oxazole rings is 1. The molecule has 0 aliphatic rings. The van der Waals surface area contributed by atoms with Crippen molar-refractivity contribution in [2.45, 2.75) is 0 Å². The normalized spacial score (nSPS) is 10.7. The van der Waals surface area contributed by atoms with Gasteiger partial charge in [0.25, 0.3) is 5.24 Å². The van der Waals surface area contributed by atoms with Crippen LogP contribution < -0.4 is 0 Å². The maximum absolute atomic E-state index is 11.1. The first kappa shape index (κ1) is 11.0. The summed E-state index contributed by atoms with van der Waals surface area (Å²) in [4.78, 5) is 15.4. The number of hydrogen-bond donors (Lipinski definition) is 0. The Morgan fingerprint density at radius 2 is 1.89 bits per heavy atom. The molecular weight excluding hydrogens is 250 g/mol. The molecule has 0 spiro atoms. The molecule has 2 aromatic carbocycles. The van der Waals surface area contributed by atoms with Gasteiger partial charge in [-0.05, 0) is 41.9 Å². The van der Waals surface area contributed by atoms with E-state index in [1.807, 2.05) is 30.3 Å². The molecule has 0 bridgehead atoms. The summed E-state index contributed by atoms with van der Waals surface area (Å²) in [7, 11) is 0. The van der Waals surface area contributed by atoms with Gasteiger partial charge in [0.1, 0.15) is 5.52 Å². The van der Waals surface area contributed by atoms with E-state index in [1.165, 1.54) is 0 Å². The zero-order valence-corrected chi connectivity index (χ0v) is 10.0. The highest BCUT2D eigenvalue weighted by Crippen LogP contribution is 2.25. The van der Waals surface area contributed by atoms with E-state index in [-0.39, 0.29) is 0 Å². The molecule has 0 radical (unpaired) electrons. The molecule has 0 amide bonds. The number of carbonyl (C=O) groups is 1. The summed E-state index contributed by atoms with van der Waals surface area (Å²) in [6, 6.07) is 14.5. The lowest BCUT2D eigenvalue weighted by atomic mass is 10.2. The van der Waals surface area contributed by atoms with Gasteiger partial charge in [0, 0.05) is 11.1 Å². The first-order valence-corrected chi connectivity index (χ1v) is 5.78. The second-order valence-electron chi connectivity index (χ2n) is 3.84. The minimum absolute atomic E-state index is 0.403. The Morgan fingerprint density at radius 3 is 2.61 bits per heavy atom. The average Bonchev–Trinajstić information content (AvgIpc) is 2.82. The van der Waals surface area contributed by atoms with Gasteiger partial charge in [-0.25, -0.2) is 4.98 Å². The Labute approximate surface area is 108 Å². The summed E-state index contributed by atoms with van der Waals surface area (Å²) in [5.74, 6) is 0.532. The highest BCUT2D eigenvalue weighted by molar-refractivity contribution is 6.67. The van der Waals surface area contributed by atoms with E-state index in [9.17, 15) is 4.79 Å². The molecule has 1 aromatic heterocycles. The monoisotopic (exact) mass is 257 g/mol. The van der Waals surface area contributed by atoms with E-state index in [1.54, 1.807) is 18.2 Å². The van der Waals surface area contributed by atoms with Crippen molar-refractivity contribution in [3.63, 3.8) is 0 Å². The molecule has 0 N–H and O–H groups in total. The van der Waals surface area contributed by atoms with Crippen molar-refractivity contribution in [3.05, 3.63) is 54.1 Å². The fourth-order valence-corrected chi connectivity index (χ4v) is 1.87. The smallest absolute Gasteiger partial charge is 0.252 e. The van der Waals surface area contributed by atoms with Crippen molar-refractivity contribution < 1.29 is 9.21 Å². The molecule has 1 heterocycles. The molecule has 0 atom stereocenters. The van der Waals surface area contributed by atoms with Crippen molar-refractivity contribution in [3.8, 4) is 11.5 Å². The van der Waals surface area contributed by atoms with Gasteiger partial charge >= 0.3 is 0 Å². The quantitative estimate of drug-likeness (QED) is 0.655. The van der Waals surface area contributed by atoms with Crippen LogP contribution in [0, 0.1) is 0 Å². The first-order chi connectivity index (χ1) is 8.74. The zero-order valence-electron chi connectivity index (χ0n) is 9.26. The molecule has 0 aliphatic heterocycles. The van der Waals surface area contributed by atoms with E-state index in [0.29, 0.717) is 22.6 Å². The van der Waals surface area contributed by atoms with Crippen molar-refractivity contribution in [2.75, 3.05) is 0 Å². The van der Waals surface area contributed by atoms with Crippen LogP contribution in [0.2, 0.25) is 0 Å². The maximum atomic E-state index is 11.1. The molecular formula is C14H8ClNO2. The molecule has 3 rings (SSSR count). The molecule has 4 heteroatoms. The molecule has 3 aromatic rings. The third-order valence-corrected chi connectivity index (χ3v) is 2.85. The Morgan fingerprint density at radius 1 is 1.11 bits per heavy atom. The molecule has 0 saturated heterocycles. The van der Waals surface area contributed by atoms with Gasteiger partial charge in [0.05, 0.1) is 0 Å². The number of halogens is 1. The number of aromatic nitrogens is 1. The third kappa shape index (κ3) is 1.89. The minimum atomic E-state index is -0.505.